The average molecular weight is 238 g/mol. The predicted molar refractivity (Wildman–Crippen MR) is 64.3 cm³/mol. The van der Waals surface area contributed by atoms with Crippen molar-refractivity contribution in [1.82, 2.24) is 9.13 Å². The second-order valence-corrected chi connectivity index (χ2v) is 5.38. The molecule has 1 aromatic heterocycles. The first-order chi connectivity index (χ1) is 7.84. The summed E-state index contributed by atoms with van der Waals surface area (Å²) < 4.78 is 8.16. The predicted octanol–water partition coefficient (Wildman–Crippen LogP) is 0.375. The molecule has 0 N–H and O–H groups in total. The highest BCUT2D eigenvalue weighted by molar-refractivity contribution is 5.20. The molecule has 0 saturated carbocycles. The molecule has 1 aliphatic rings. The molecule has 2 rings (SSSR count). The van der Waals surface area contributed by atoms with Crippen LogP contribution in [0.1, 0.15) is 32.0 Å². The minimum Gasteiger partial charge on any atom is -0.375 e. The Labute approximate surface area is 99.6 Å². The first-order valence-electron chi connectivity index (χ1n) is 5.76. The molecule has 0 amide bonds. The van der Waals surface area contributed by atoms with Crippen LogP contribution in [0, 0.1) is 0 Å². The van der Waals surface area contributed by atoms with Crippen LogP contribution in [0.25, 0.3) is 0 Å². The van der Waals surface area contributed by atoms with Gasteiger partial charge in [0, 0.05) is 24.6 Å². The molecular formula is C12H18N2O3. The lowest BCUT2D eigenvalue weighted by Crippen LogP contribution is -2.50. The highest BCUT2D eigenvalue weighted by Crippen LogP contribution is 2.13. The van der Waals surface area contributed by atoms with Gasteiger partial charge in [0.15, 0.2) is 0 Å². The van der Waals surface area contributed by atoms with Gasteiger partial charge in [-0.1, -0.05) is 0 Å². The van der Waals surface area contributed by atoms with Gasteiger partial charge >= 0.3 is 5.69 Å². The molecule has 0 radical (unpaired) electrons. The second kappa shape index (κ2) is 3.84. The summed E-state index contributed by atoms with van der Waals surface area (Å²) in [5.74, 6) is 0. The van der Waals surface area contributed by atoms with E-state index < -0.39 is 5.54 Å². The molecule has 2 heterocycles. The van der Waals surface area contributed by atoms with Crippen LogP contribution in [0.2, 0.25) is 0 Å². The summed E-state index contributed by atoms with van der Waals surface area (Å²) in [4.78, 5) is 24.5. The van der Waals surface area contributed by atoms with Crippen molar-refractivity contribution in [2.75, 3.05) is 6.61 Å². The molecule has 0 aromatic carbocycles. The molecule has 0 atom stereocenters. The zero-order valence-electron chi connectivity index (χ0n) is 10.7. The number of hydrogen-bond acceptors (Lipinski definition) is 3. The van der Waals surface area contributed by atoms with Crippen LogP contribution in [0.5, 0.6) is 0 Å². The number of rotatable bonds is 0. The summed E-state index contributed by atoms with van der Waals surface area (Å²) in [6.45, 7) is 6.48. The molecule has 0 fully saturated rings. The lowest BCUT2D eigenvalue weighted by molar-refractivity contribution is 0.102. The molecule has 0 bridgehead atoms. The molecule has 94 valence electrons. The molecule has 1 aromatic rings. The molecule has 0 saturated heterocycles. The van der Waals surface area contributed by atoms with Crippen molar-refractivity contribution in [2.24, 2.45) is 7.05 Å². The van der Waals surface area contributed by atoms with Crippen LogP contribution >= 0.6 is 0 Å². The van der Waals surface area contributed by atoms with Gasteiger partial charge in [-0.15, -0.1) is 0 Å². The van der Waals surface area contributed by atoms with Crippen molar-refractivity contribution >= 4 is 0 Å². The van der Waals surface area contributed by atoms with E-state index in [1.165, 1.54) is 9.13 Å². The fourth-order valence-electron chi connectivity index (χ4n) is 2.18. The van der Waals surface area contributed by atoms with Crippen LogP contribution in [-0.4, -0.2) is 15.7 Å². The van der Waals surface area contributed by atoms with Gasteiger partial charge in [0.05, 0.1) is 18.9 Å². The minimum absolute atomic E-state index is 0.168. The third kappa shape index (κ3) is 1.84. The molecular weight excluding hydrogens is 220 g/mol. The molecule has 0 aliphatic carbocycles. The Morgan fingerprint density at radius 3 is 2.47 bits per heavy atom. The number of fused-ring (bicyclic) bond motifs is 1. The van der Waals surface area contributed by atoms with E-state index in [1.54, 1.807) is 7.05 Å². The van der Waals surface area contributed by atoms with Crippen LogP contribution in [0.3, 0.4) is 0 Å². The van der Waals surface area contributed by atoms with Crippen LogP contribution in [0.4, 0.5) is 0 Å². The lowest BCUT2D eigenvalue weighted by Gasteiger charge is -2.26. The standard InChI is InChI=1S/C12H18N2O3/c1-12(2,3)14-10(15)8-5-6-17-7-9(8)13(4)11(14)16/h5-7H2,1-4H3. The smallest absolute Gasteiger partial charge is 0.331 e. The SMILES string of the molecule is Cn1c2c(c(=O)n(C(C)(C)C)c1=O)CCOC2. The third-order valence-corrected chi connectivity index (χ3v) is 3.10. The van der Waals surface area contributed by atoms with Crippen LogP contribution in [-0.2, 0) is 30.4 Å². The van der Waals surface area contributed by atoms with Gasteiger partial charge in [-0.05, 0) is 20.8 Å². The molecule has 0 unspecified atom stereocenters. The van der Waals surface area contributed by atoms with Gasteiger partial charge in [-0.3, -0.25) is 13.9 Å². The summed E-state index contributed by atoms with van der Waals surface area (Å²) in [6, 6.07) is 0. The monoisotopic (exact) mass is 238 g/mol. The number of ether oxygens (including phenoxy) is 1. The van der Waals surface area contributed by atoms with Crippen molar-refractivity contribution in [3.63, 3.8) is 0 Å². The van der Waals surface area contributed by atoms with E-state index in [-0.39, 0.29) is 11.2 Å². The van der Waals surface area contributed by atoms with Crippen molar-refractivity contribution in [3.8, 4) is 0 Å². The van der Waals surface area contributed by atoms with Gasteiger partial charge in [0.2, 0.25) is 0 Å². The Morgan fingerprint density at radius 2 is 1.88 bits per heavy atom. The second-order valence-electron chi connectivity index (χ2n) is 5.38. The topological polar surface area (TPSA) is 53.2 Å². The summed E-state index contributed by atoms with van der Waals surface area (Å²) in [5.41, 5.74) is 0.491. The van der Waals surface area contributed by atoms with Crippen LogP contribution < -0.4 is 11.2 Å². The summed E-state index contributed by atoms with van der Waals surface area (Å²) in [5, 5.41) is 0. The van der Waals surface area contributed by atoms with Crippen molar-refractivity contribution < 1.29 is 4.74 Å². The summed E-state index contributed by atoms with van der Waals surface area (Å²) in [6.07, 6.45) is 0.582. The largest absolute Gasteiger partial charge is 0.375 e. The normalized spacial score (nSPS) is 15.8. The lowest BCUT2D eigenvalue weighted by atomic mass is 10.1. The first-order valence-corrected chi connectivity index (χ1v) is 5.76. The zero-order chi connectivity index (χ0) is 12.8. The Bertz CT molecular complexity index is 561. The van der Waals surface area contributed by atoms with E-state index in [0.717, 1.165) is 0 Å². The average Bonchev–Trinajstić information content (AvgIpc) is 2.24. The molecule has 5 heteroatoms. The van der Waals surface area contributed by atoms with E-state index >= 15 is 0 Å². The zero-order valence-corrected chi connectivity index (χ0v) is 10.7. The fraction of sp³-hybridized carbons (Fsp3) is 0.667. The maximum atomic E-state index is 12.3. The maximum Gasteiger partial charge on any atom is 0.331 e. The highest BCUT2D eigenvalue weighted by atomic mass is 16.5. The van der Waals surface area contributed by atoms with Gasteiger partial charge < -0.3 is 4.74 Å². The quantitative estimate of drug-likeness (QED) is 0.656. The van der Waals surface area contributed by atoms with E-state index in [0.29, 0.717) is 30.9 Å². The van der Waals surface area contributed by atoms with Crippen molar-refractivity contribution in [2.45, 2.75) is 39.3 Å². The molecule has 1 aliphatic heterocycles. The van der Waals surface area contributed by atoms with Crippen molar-refractivity contribution in [3.05, 3.63) is 32.1 Å². The Kier molecular flexibility index (Phi) is 2.73. The van der Waals surface area contributed by atoms with E-state index in [9.17, 15) is 9.59 Å². The van der Waals surface area contributed by atoms with Gasteiger partial charge in [-0.25, -0.2) is 4.79 Å². The molecule has 0 spiro atoms. The Balaban J connectivity index is 2.85. The molecule has 5 nitrogen and oxygen atoms in total. The van der Waals surface area contributed by atoms with Gasteiger partial charge in [0.1, 0.15) is 0 Å². The highest BCUT2D eigenvalue weighted by Gasteiger charge is 2.25. The molecule has 17 heavy (non-hydrogen) atoms. The van der Waals surface area contributed by atoms with Gasteiger partial charge in [0.25, 0.3) is 5.56 Å². The number of nitrogens with zero attached hydrogens (tertiary/aromatic N) is 2. The Morgan fingerprint density at radius 1 is 1.24 bits per heavy atom. The Hall–Kier alpha value is -1.36. The van der Waals surface area contributed by atoms with Crippen molar-refractivity contribution in [1.29, 1.82) is 0 Å². The summed E-state index contributed by atoms with van der Waals surface area (Å²) >= 11 is 0. The van der Waals surface area contributed by atoms with E-state index in [2.05, 4.69) is 0 Å². The van der Waals surface area contributed by atoms with E-state index in [4.69, 9.17) is 4.74 Å². The van der Waals surface area contributed by atoms with Crippen LogP contribution in [0.15, 0.2) is 9.59 Å². The fourth-order valence-corrected chi connectivity index (χ4v) is 2.18. The maximum absolute atomic E-state index is 12.3. The number of hydrogen-bond donors (Lipinski definition) is 0. The third-order valence-electron chi connectivity index (χ3n) is 3.10. The number of aromatic nitrogens is 2. The van der Waals surface area contributed by atoms with Gasteiger partial charge in [-0.2, -0.15) is 0 Å². The minimum atomic E-state index is -0.501. The van der Waals surface area contributed by atoms with E-state index in [1.807, 2.05) is 20.8 Å². The first kappa shape index (κ1) is 12.1. The summed E-state index contributed by atoms with van der Waals surface area (Å²) in [7, 11) is 1.69.